The number of sulfone groups is 1. The van der Waals surface area contributed by atoms with Crippen molar-refractivity contribution in [2.45, 2.75) is 45.8 Å². The number of hydrogen-bond donors (Lipinski definition) is 1. The van der Waals surface area contributed by atoms with Gasteiger partial charge in [0.1, 0.15) is 12.2 Å². The molecule has 7 heteroatoms. The summed E-state index contributed by atoms with van der Waals surface area (Å²) in [6.07, 6.45) is 2.21. The number of nitrogens with one attached hydrogen (secondary N) is 1. The van der Waals surface area contributed by atoms with Crippen molar-refractivity contribution in [3.05, 3.63) is 12.2 Å². The monoisotopic (exact) mass is 286 g/mol. The zero-order valence-electron chi connectivity index (χ0n) is 11.8. The van der Waals surface area contributed by atoms with E-state index in [4.69, 9.17) is 0 Å². The number of rotatable bonds is 5. The molecule has 1 saturated heterocycles. The van der Waals surface area contributed by atoms with E-state index in [-0.39, 0.29) is 17.0 Å². The van der Waals surface area contributed by atoms with E-state index in [1.165, 1.54) is 0 Å². The Bertz CT molecular complexity index is 538. The normalized spacial score (nSPS) is 26.1. The van der Waals surface area contributed by atoms with E-state index in [0.29, 0.717) is 18.9 Å². The van der Waals surface area contributed by atoms with Crippen molar-refractivity contribution in [2.75, 3.05) is 11.5 Å². The van der Waals surface area contributed by atoms with Gasteiger partial charge in [-0.2, -0.15) is 5.10 Å². The molecule has 0 radical (unpaired) electrons. The molecule has 1 unspecified atom stereocenters. The minimum atomic E-state index is -2.88. The molecule has 1 aliphatic heterocycles. The van der Waals surface area contributed by atoms with Crippen LogP contribution in [0.25, 0.3) is 0 Å². The molecule has 0 aromatic carbocycles. The van der Waals surface area contributed by atoms with Gasteiger partial charge in [-0.15, -0.1) is 0 Å². The van der Waals surface area contributed by atoms with Gasteiger partial charge in [0.2, 0.25) is 0 Å². The van der Waals surface area contributed by atoms with E-state index in [0.717, 1.165) is 12.4 Å². The average Bonchev–Trinajstić information content (AvgIpc) is 2.81. The van der Waals surface area contributed by atoms with Crippen LogP contribution in [0, 0.1) is 5.92 Å². The van der Waals surface area contributed by atoms with Crippen molar-refractivity contribution in [1.29, 1.82) is 0 Å². The van der Waals surface area contributed by atoms with Crippen LogP contribution in [0.4, 0.5) is 0 Å². The number of aromatic nitrogens is 3. The van der Waals surface area contributed by atoms with Gasteiger partial charge in [-0.05, 0) is 19.3 Å². The van der Waals surface area contributed by atoms with Crippen molar-refractivity contribution >= 4 is 9.84 Å². The van der Waals surface area contributed by atoms with Gasteiger partial charge < -0.3 is 5.32 Å². The second-order valence-corrected chi connectivity index (χ2v) is 8.19. The quantitative estimate of drug-likeness (QED) is 0.858. The third-order valence-corrected chi connectivity index (χ3v) is 5.31. The zero-order chi connectivity index (χ0) is 14.1. The molecule has 1 aromatic heterocycles. The highest BCUT2D eigenvalue weighted by Crippen LogP contribution is 2.23. The highest BCUT2D eigenvalue weighted by Gasteiger charge is 2.38. The lowest BCUT2D eigenvalue weighted by atomic mass is 10.0. The van der Waals surface area contributed by atoms with E-state index in [1.807, 2.05) is 11.6 Å². The molecule has 2 rings (SSSR count). The average molecular weight is 286 g/mol. The van der Waals surface area contributed by atoms with Crippen LogP contribution in [0.5, 0.6) is 0 Å². The van der Waals surface area contributed by atoms with E-state index >= 15 is 0 Å². The van der Waals surface area contributed by atoms with Gasteiger partial charge >= 0.3 is 0 Å². The Labute approximate surface area is 114 Å². The predicted octanol–water partition coefficient (Wildman–Crippen LogP) is 0.601. The fourth-order valence-corrected chi connectivity index (χ4v) is 4.49. The van der Waals surface area contributed by atoms with Crippen LogP contribution >= 0.6 is 0 Å². The third-order valence-electron chi connectivity index (χ3n) is 3.41. The highest BCUT2D eigenvalue weighted by molar-refractivity contribution is 7.91. The van der Waals surface area contributed by atoms with Gasteiger partial charge in [0.15, 0.2) is 9.84 Å². The van der Waals surface area contributed by atoms with Gasteiger partial charge in [-0.1, -0.05) is 13.8 Å². The maximum absolute atomic E-state index is 11.5. The Kier molecular flexibility index (Phi) is 3.96. The topological polar surface area (TPSA) is 76.9 Å². The Morgan fingerprint density at radius 2 is 2.26 bits per heavy atom. The minimum absolute atomic E-state index is 0.207. The molecule has 1 fully saturated rings. The number of hydrogen-bond acceptors (Lipinski definition) is 5. The molecule has 1 N–H and O–H groups in total. The van der Waals surface area contributed by atoms with Crippen molar-refractivity contribution in [3.63, 3.8) is 0 Å². The summed E-state index contributed by atoms with van der Waals surface area (Å²) in [5.74, 6) is 1.84. The molecule has 6 nitrogen and oxygen atoms in total. The van der Waals surface area contributed by atoms with E-state index in [1.54, 1.807) is 6.33 Å². The standard InChI is InChI=1S/C12H22N4O2S/c1-10(2)7-16-11(13-9-15-16)6-14-12(3)4-5-19(17,18)8-12/h9-10,14H,4-8H2,1-3H3. The molecule has 0 aliphatic carbocycles. The van der Waals surface area contributed by atoms with Crippen LogP contribution < -0.4 is 5.32 Å². The van der Waals surface area contributed by atoms with Crippen LogP contribution in [-0.2, 0) is 22.9 Å². The van der Waals surface area contributed by atoms with Crippen LogP contribution in [0.1, 0.15) is 33.0 Å². The first-order chi connectivity index (χ1) is 8.80. The summed E-state index contributed by atoms with van der Waals surface area (Å²) >= 11 is 0. The first-order valence-corrected chi connectivity index (χ1v) is 8.44. The van der Waals surface area contributed by atoms with E-state index in [9.17, 15) is 8.42 Å². The molecular formula is C12H22N4O2S. The summed E-state index contributed by atoms with van der Waals surface area (Å²) in [5, 5.41) is 7.53. The molecule has 2 heterocycles. The summed E-state index contributed by atoms with van der Waals surface area (Å²) in [6, 6.07) is 0. The van der Waals surface area contributed by atoms with Crippen molar-refractivity contribution < 1.29 is 8.42 Å². The van der Waals surface area contributed by atoms with Gasteiger partial charge in [-0.25, -0.2) is 18.1 Å². The van der Waals surface area contributed by atoms with Crippen molar-refractivity contribution in [3.8, 4) is 0 Å². The van der Waals surface area contributed by atoms with Crippen LogP contribution in [0.2, 0.25) is 0 Å². The van der Waals surface area contributed by atoms with E-state index in [2.05, 4.69) is 29.2 Å². The smallest absolute Gasteiger partial charge is 0.152 e. The van der Waals surface area contributed by atoms with E-state index < -0.39 is 9.84 Å². The molecule has 1 aromatic rings. The third kappa shape index (κ3) is 3.76. The van der Waals surface area contributed by atoms with Gasteiger partial charge in [0.05, 0.1) is 18.1 Å². The Hall–Kier alpha value is -0.950. The summed E-state index contributed by atoms with van der Waals surface area (Å²) in [5.41, 5.74) is -0.340. The van der Waals surface area contributed by atoms with Gasteiger partial charge in [0.25, 0.3) is 0 Å². The first-order valence-electron chi connectivity index (χ1n) is 6.62. The van der Waals surface area contributed by atoms with Gasteiger partial charge in [0, 0.05) is 12.1 Å². The first kappa shape index (κ1) is 14.5. The van der Waals surface area contributed by atoms with Crippen LogP contribution in [-0.4, -0.2) is 40.2 Å². The lowest BCUT2D eigenvalue weighted by molar-refractivity contribution is 0.376. The van der Waals surface area contributed by atoms with Crippen LogP contribution in [0.3, 0.4) is 0 Å². The maximum Gasteiger partial charge on any atom is 0.152 e. The Morgan fingerprint density at radius 1 is 1.53 bits per heavy atom. The summed E-state index contributed by atoms with van der Waals surface area (Å²) < 4.78 is 25.0. The zero-order valence-corrected chi connectivity index (χ0v) is 12.6. The van der Waals surface area contributed by atoms with Crippen molar-refractivity contribution in [2.24, 2.45) is 5.92 Å². The summed E-state index contributed by atoms with van der Waals surface area (Å²) in [6.45, 7) is 7.60. The van der Waals surface area contributed by atoms with Crippen LogP contribution in [0.15, 0.2) is 6.33 Å². The molecule has 19 heavy (non-hydrogen) atoms. The van der Waals surface area contributed by atoms with Crippen molar-refractivity contribution in [1.82, 2.24) is 20.1 Å². The molecule has 0 spiro atoms. The molecule has 0 saturated carbocycles. The molecular weight excluding hydrogens is 264 g/mol. The SMILES string of the molecule is CC(C)Cn1ncnc1CNC1(C)CCS(=O)(=O)C1. The highest BCUT2D eigenvalue weighted by atomic mass is 32.2. The Morgan fingerprint density at radius 3 is 2.84 bits per heavy atom. The molecule has 0 amide bonds. The largest absolute Gasteiger partial charge is 0.303 e. The maximum atomic E-state index is 11.5. The number of nitrogens with zero attached hydrogens (tertiary/aromatic N) is 3. The molecule has 108 valence electrons. The fraction of sp³-hybridized carbons (Fsp3) is 0.833. The Balaban J connectivity index is 1.98. The second kappa shape index (κ2) is 5.20. The molecule has 0 bridgehead atoms. The fourth-order valence-electron chi connectivity index (χ4n) is 2.37. The minimum Gasteiger partial charge on any atom is -0.303 e. The van der Waals surface area contributed by atoms with Gasteiger partial charge in [-0.3, -0.25) is 0 Å². The molecule has 1 aliphatic rings. The second-order valence-electron chi connectivity index (χ2n) is 6.01. The lowest BCUT2D eigenvalue weighted by Crippen LogP contribution is -2.43. The summed E-state index contributed by atoms with van der Waals surface area (Å²) in [7, 11) is -2.88. The molecule has 1 atom stereocenters. The predicted molar refractivity (Wildman–Crippen MR) is 73.4 cm³/mol. The lowest BCUT2D eigenvalue weighted by Gasteiger charge is -2.23. The summed E-state index contributed by atoms with van der Waals surface area (Å²) in [4.78, 5) is 4.24.